The van der Waals surface area contributed by atoms with E-state index < -0.39 is 0 Å². The number of benzene rings is 2. The van der Waals surface area contributed by atoms with Crippen LogP contribution in [-0.4, -0.2) is 38.9 Å². The average molecular weight is 440 g/mol. The van der Waals surface area contributed by atoms with Crippen LogP contribution in [0.5, 0.6) is 5.75 Å². The number of nitrogens with one attached hydrogen (secondary N) is 2. The quantitative estimate of drug-likeness (QED) is 0.496. The first-order valence-electron chi connectivity index (χ1n) is 9.88. The summed E-state index contributed by atoms with van der Waals surface area (Å²) in [4.78, 5) is 24.9. The van der Waals surface area contributed by atoms with Crippen molar-refractivity contribution in [2.75, 3.05) is 12.4 Å². The summed E-state index contributed by atoms with van der Waals surface area (Å²) < 4.78 is 7.00. The highest BCUT2D eigenvalue weighted by molar-refractivity contribution is 8.00. The molecule has 0 aliphatic rings. The fourth-order valence-corrected chi connectivity index (χ4v) is 3.77. The summed E-state index contributed by atoms with van der Waals surface area (Å²) >= 11 is 1.33. The van der Waals surface area contributed by atoms with E-state index in [9.17, 15) is 9.59 Å². The molecule has 1 aromatic heterocycles. The van der Waals surface area contributed by atoms with Crippen LogP contribution in [0.25, 0.3) is 0 Å². The van der Waals surface area contributed by atoms with Crippen molar-refractivity contribution in [2.24, 2.45) is 0 Å². The molecule has 3 aromatic rings. The summed E-state index contributed by atoms with van der Waals surface area (Å²) in [7, 11) is 1.58. The predicted octanol–water partition coefficient (Wildman–Crippen LogP) is 3.36. The summed E-state index contributed by atoms with van der Waals surface area (Å²) in [6.07, 6.45) is 0. The van der Waals surface area contributed by atoms with Gasteiger partial charge in [0, 0.05) is 17.8 Å². The van der Waals surface area contributed by atoms with Gasteiger partial charge in [0.05, 0.1) is 18.9 Å². The zero-order valence-electron chi connectivity index (χ0n) is 17.7. The molecule has 9 heteroatoms. The molecule has 162 valence electrons. The molecule has 0 aliphatic heterocycles. The van der Waals surface area contributed by atoms with Gasteiger partial charge < -0.3 is 19.9 Å². The molecule has 0 bridgehead atoms. The second-order valence-electron chi connectivity index (χ2n) is 6.67. The maximum absolute atomic E-state index is 12.5. The van der Waals surface area contributed by atoms with Crippen molar-refractivity contribution in [1.82, 2.24) is 20.1 Å². The predicted molar refractivity (Wildman–Crippen MR) is 120 cm³/mol. The van der Waals surface area contributed by atoms with Crippen molar-refractivity contribution in [2.45, 2.75) is 37.3 Å². The molecule has 0 radical (unpaired) electrons. The third-order valence-electron chi connectivity index (χ3n) is 4.56. The maximum atomic E-state index is 12.5. The number of amides is 2. The summed E-state index contributed by atoms with van der Waals surface area (Å²) in [6, 6.07) is 16.2. The number of nitrogens with zero attached hydrogens (tertiary/aromatic N) is 3. The van der Waals surface area contributed by atoms with Crippen molar-refractivity contribution in [3.8, 4) is 5.75 Å². The lowest BCUT2D eigenvalue weighted by molar-refractivity contribution is -0.115. The topological polar surface area (TPSA) is 98.1 Å². The molecule has 0 saturated carbocycles. The van der Waals surface area contributed by atoms with Crippen molar-refractivity contribution in [3.05, 3.63) is 66.0 Å². The number of para-hydroxylation sites is 1. The maximum Gasteiger partial charge on any atom is 0.251 e. The number of anilines is 1. The van der Waals surface area contributed by atoms with Gasteiger partial charge >= 0.3 is 0 Å². The van der Waals surface area contributed by atoms with Gasteiger partial charge in [-0.1, -0.05) is 30.0 Å². The standard InChI is InChI=1S/C22H25N5O3S/c1-4-27-19(14-23-21(29)16-10-12-18(30-3)13-11-16)25-26-22(27)31-15(2)20(28)24-17-8-6-5-7-9-17/h5-13,15H,4,14H2,1-3H3,(H,23,29)(H,24,28). The molecule has 2 aromatic carbocycles. The molecule has 1 atom stereocenters. The normalized spacial score (nSPS) is 11.6. The Bertz CT molecular complexity index is 1020. The summed E-state index contributed by atoms with van der Waals surface area (Å²) in [5, 5.41) is 14.4. The number of rotatable bonds is 9. The van der Waals surface area contributed by atoms with E-state index in [-0.39, 0.29) is 23.6 Å². The van der Waals surface area contributed by atoms with Gasteiger partial charge in [-0.15, -0.1) is 10.2 Å². The number of hydrogen-bond acceptors (Lipinski definition) is 6. The van der Waals surface area contributed by atoms with Crippen molar-refractivity contribution >= 4 is 29.3 Å². The molecule has 0 fully saturated rings. The molecule has 0 aliphatic carbocycles. The Kier molecular flexibility index (Phi) is 7.66. The molecule has 1 unspecified atom stereocenters. The highest BCUT2D eigenvalue weighted by Crippen LogP contribution is 2.23. The minimum absolute atomic E-state index is 0.115. The van der Waals surface area contributed by atoms with Crippen LogP contribution >= 0.6 is 11.8 Å². The van der Waals surface area contributed by atoms with Gasteiger partial charge in [0.1, 0.15) is 5.75 Å². The van der Waals surface area contributed by atoms with E-state index in [1.807, 2.05) is 48.7 Å². The van der Waals surface area contributed by atoms with E-state index >= 15 is 0 Å². The van der Waals surface area contributed by atoms with Crippen LogP contribution in [0.3, 0.4) is 0 Å². The first-order chi connectivity index (χ1) is 15.0. The SMILES string of the molecule is CCn1c(CNC(=O)c2ccc(OC)cc2)nnc1SC(C)C(=O)Nc1ccccc1. The van der Waals surface area contributed by atoms with Crippen LogP contribution in [0.1, 0.15) is 30.0 Å². The number of thioether (sulfide) groups is 1. The fourth-order valence-electron chi connectivity index (χ4n) is 2.84. The largest absolute Gasteiger partial charge is 0.497 e. The van der Waals surface area contributed by atoms with E-state index in [0.29, 0.717) is 28.8 Å². The number of aromatic nitrogens is 3. The summed E-state index contributed by atoms with van der Waals surface area (Å²) in [5.41, 5.74) is 1.28. The lowest BCUT2D eigenvalue weighted by Crippen LogP contribution is -2.25. The van der Waals surface area contributed by atoms with Gasteiger partial charge in [0.25, 0.3) is 5.91 Å². The Balaban J connectivity index is 1.60. The minimum Gasteiger partial charge on any atom is -0.497 e. The number of methoxy groups -OCH3 is 1. The molecule has 2 amide bonds. The lowest BCUT2D eigenvalue weighted by Gasteiger charge is -2.13. The smallest absolute Gasteiger partial charge is 0.251 e. The van der Waals surface area contributed by atoms with Crippen LogP contribution in [0, 0.1) is 0 Å². The average Bonchev–Trinajstić information content (AvgIpc) is 3.19. The van der Waals surface area contributed by atoms with Gasteiger partial charge in [0.15, 0.2) is 11.0 Å². The van der Waals surface area contributed by atoms with Crippen LogP contribution < -0.4 is 15.4 Å². The third-order valence-corrected chi connectivity index (χ3v) is 5.64. The van der Waals surface area contributed by atoms with E-state index in [4.69, 9.17) is 4.74 Å². The van der Waals surface area contributed by atoms with Gasteiger partial charge in [-0.2, -0.15) is 0 Å². The molecule has 1 heterocycles. The molecule has 8 nitrogen and oxygen atoms in total. The lowest BCUT2D eigenvalue weighted by atomic mass is 10.2. The minimum atomic E-state index is -0.364. The van der Waals surface area contributed by atoms with Crippen LogP contribution in [0.15, 0.2) is 59.8 Å². The second-order valence-corrected chi connectivity index (χ2v) is 7.98. The van der Waals surface area contributed by atoms with E-state index in [0.717, 1.165) is 5.69 Å². The number of carbonyl (C=O) groups is 2. The molecular weight excluding hydrogens is 414 g/mol. The monoisotopic (exact) mass is 439 g/mol. The van der Waals surface area contributed by atoms with Crippen LogP contribution in [-0.2, 0) is 17.9 Å². The Labute approximate surface area is 185 Å². The molecule has 2 N–H and O–H groups in total. The molecule has 0 spiro atoms. The van der Waals surface area contributed by atoms with Crippen molar-refractivity contribution in [1.29, 1.82) is 0 Å². The first-order valence-corrected chi connectivity index (χ1v) is 10.8. The third kappa shape index (κ3) is 5.85. The van der Waals surface area contributed by atoms with Gasteiger partial charge in [0.2, 0.25) is 5.91 Å². The van der Waals surface area contributed by atoms with Gasteiger partial charge in [-0.3, -0.25) is 9.59 Å². The molecule has 31 heavy (non-hydrogen) atoms. The number of hydrogen-bond donors (Lipinski definition) is 2. The zero-order chi connectivity index (χ0) is 22.2. The van der Waals surface area contributed by atoms with Crippen molar-refractivity contribution < 1.29 is 14.3 Å². The Morgan fingerprint density at radius 1 is 1.10 bits per heavy atom. The molecule has 3 rings (SSSR count). The van der Waals surface area contributed by atoms with Gasteiger partial charge in [-0.05, 0) is 50.2 Å². The van der Waals surface area contributed by atoms with E-state index in [1.165, 1.54) is 11.8 Å². The Morgan fingerprint density at radius 2 is 1.81 bits per heavy atom. The van der Waals surface area contributed by atoms with Crippen LogP contribution in [0.2, 0.25) is 0 Å². The van der Waals surface area contributed by atoms with E-state index in [1.54, 1.807) is 31.4 Å². The highest BCUT2D eigenvalue weighted by atomic mass is 32.2. The van der Waals surface area contributed by atoms with Crippen LogP contribution in [0.4, 0.5) is 5.69 Å². The van der Waals surface area contributed by atoms with Crippen molar-refractivity contribution in [3.63, 3.8) is 0 Å². The summed E-state index contributed by atoms with van der Waals surface area (Å²) in [6.45, 7) is 4.65. The highest BCUT2D eigenvalue weighted by Gasteiger charge is 2.20. The fraction of sp³-hybridized carbons (Fsp3) is 0.273. The number of ether oxygens (including phenoxy) is 1. The number of carbonyl (C=O) groups excluding carboxylic acids is 2. The van der Waals surface area contributed by atoms with E-state index in [2.05, 4.69) is 20.8 Å². The van der Waals surface area contributed by atoms with Gasteiger partial charge in [-0.25, -0.2) is 0 Å². The second kappa shape index (κ2) is 10.6. The Hall–Kier alpha value is -3.33. The molecule has 0 saturated heterocycles. The molecular formula is C22H25N5O3S. The Morgan fingerprint density at radius 3 is 2.45 bits per heavy atom. The summed E-state index contributed by atoms with van der Waals surface area (Å²) in [5.74, 6) is 0.992. The first kappa shape index (κ1) is 22.4. The zero-order valence-corrected chi connectivity index (χ0v) is 18.5.